The van der Waals surface area contributed by atoms with Crippen molar-refractivity contribution >= 4 is 38.7 Å². The van der Waals surface area contributed by atoms with Gasteiger partial charge in [0, 0.05) is 40.7 Å². The van der Waals surface area contributed by atoms with Crippen molar-refractivity contribution in [2.75, 3.05) is 23.0 Å². The van der Waals surface area contributed by atoms with E-state index in [1.165, 1.54) is 0 Å². The fraction of sp³-hybridized carbons (Fsp3) is 0.214. The Kier molecular flexibility index (Phi) is 6.85. The summed E-state index contributed by atoms with van der Waals surface area (Å²) in [6.07, 6.45) is 2.91. The van der Waals surface area contributed by atoms with Gasteiger partial charge in [0.2, 0.25) is 10.0 Å². The fourth-order valence-corrected chi connectivity index (χ4v) is 6.00. The zero-order chi connectivity index (χ0) is 27.0. The minimum atomic E-state index is -3.38. The van der Waals surface area contributed by atoms with Gasteiger partial charge in [0.1, 0.15) is 5.75 Å². The van der Waals surface area contributed by atoms with Gasteiger partial charge in [-0.1, -0.05) is 12.1 Å². The van der Waals surface area contributed by atoms with Crippen LogP contribution in [0, 0.1) is 13.8 Å². The second-order valence-corrected chi connectivity index (χ2v) is 11.4. The number of anilines is 2. The molecule has 1 aliphatic heterocycles. The minimum Gasteiger partial charge on any atom is -0.497 e. The lowest BCUT2D eigenvalue weighted by Crippen LogP contribution is -2.29. The van der Waals surface area contributed by atoms with Crippen molar-refractivity contribution in [2.45, 2.75) is 25.9 Å². The van der Waals surface area contributed by atoms with E-state index < -0.39 is 10.0 Å². The van der Waals surface area contributed by atoms with E-state index in [1.54, 1.807) is 25.4 Å². The van der Waals surface area contributed by atoms with E-state index in [0.29, 0.717) is 10.8 Å². The normalized spacial score (nSPS) is 17.4. The number of methoxy groups -OCH3 is 1. The topological polar surface area (TPSA) is 88.5 Å². The molecule has 10 heteroatoms. The highest BCUT2D eigenvalue weighted by Crippen LogP contribution is 2.44. The Labute approximate surface area is 228 Å². The third kappa shape index (κ3) is 4.97. The number of hydrogen-bond donors (Lipinski definition) is 2. The first-order valence-electron chi connectivity index (χ1n) is 12.1. The highest BCUT2D eigenvalue weighted by atomic mass is 32.2. The van der Waals surface area contributed by atoms with Gasteiger partial charge in [-0.15, -0.1) is 0 Å². The van der Waals surface area contributed by atoms with Crippen molar-refractivity contribution in [1.29, 1.82) is 0 Å². The molecule has 1 saturated heterocycles. The lowest BCUT2D eigenvalue weighted by molar-refractivity contribution is 0.414. The van der Waals surface area contributed by atoms with Gasteiger partial charge in [-0.3, -0.25) is 9.71 Å². The second-order valence-electron chi connectivity index (χ2n) is 9.28. The molecule has 2 N–H and O–H groups in total. The van der Waals surface area contributed by atoms with Gasteiger partial charge < -0.3 is 19.5 Å². The summed E-state index contributed by atoms with van der Waals surface area (Å²) in [5.74, 6) is 0.788. The van der Waals surface area contributed by atoms with Crippen LogP contribution < -0.4 is 19.7 Å². The molecular formula is C28H29N5O3S2. The Hall–Kier alpha value is -3.89. The molecule has 0 unspecified atom stereocenters. The minimum absolute atomic E-state index is 0.197. The summed E-state index contributed by atoms with van der Waals surface area (Å²) in [5.41, 5.74) is 6.48. The maximum absolute atomic E-state index is 11.7. The highest BCUT2D eigenvalue weighted by molar-refractivity contribution is 7.92. The van der Waals surface area contributed by atoms with Crippen LogP contribution in [0.1, 0.15) is 34.7 Å². The maximum Gasteiger partial charge on any atom is 0.229 e. The van der Waals surface area contributed by atoms with Gasteiger partial charge in [0.15, 0.2) is 5.11 Å². The molecule has 0 spiro atoms. The van der Waals surface area contributed by atoms with Crippen LogP contribution in [0.4, 0.5) is 11.4 Å². The van der Waals surface area contributed by atoms with Crippen molar-refractivity contribution in [3.05, 3.63) is 102 Å². The van der Waals surface area contributed by atoms with Crippen molar-refractivity contribution in [2.24, 2.45) is 0 Å². The predicted molar refractivity (Wildman–Crippen MR) is 155 cm³/mol. The first-order chi connectivity index (χ1) is 18.2. The SMILES string of the molecule is COc1cccc(-n2c(C)cc([C@H]3[C@H](c4ccccn4)NC(=S)N3c3ccc(NS(C)(=O)=O)cc3)c2C)c1. The molecule has 1 aliphatic rings. The summed E-state index contributed by atoms with van der Waals surface area (Å²) in [6.45, 7) is 4.19. The fourth-order valence-electron chi connectivity index (χ4n) is 5.09. The van der Waals surface area contributed by atoms with Gasteiger partial charge >= 0.3 is 0 Å². The second kappa shape index (κ2) is 10.1. The number of aromatic nitrogens is 2. The summed E-state index contributed by atoms with van der Waals surface area (Å²) in [5, 5.41) is 4.06. The molecule has 38 heavy (non-hydrogen) atoms. The maximum atomic E-state index is 11.7. The van der Waals surface area contributed by atoms with Crippen LogP contribution in [0.25, 0.3) is 5.69 Å². The van der Waals surface area contributed by atoms with E-state index in [1.807, 2.05) is 48.5 Å². The number of hydrogen-bond acceptors (Lipinski definition) is 5. The van der Waals surface area contributed by atoms with Crippen molar-refractivity contribution in [1.82, 2.24) is 14.9 Å². The molecule has 5 rings (SSSR count). The zero-order valence-electron chi connectivity index (χ0n) is 21.5. The Morgan fingerprint density at radius 3 is 2.42 bits per heavy atom. The Bertz CT molecular complexity index is 1580. The first kappa shape index (κ1) is 25.7. The number of thiocarbonyl (C=S) groups is 1. The van der Waals surface area contributed by atoms with Gasteiger partial charge in [-0.2, -0.15) is 0 Å². The average molecular weight is 548 g/mol. The Morgan fingerprint density at radius 2 is 1.76 bits per heavy atom. The predicted octanol–water partition coefficient (Wildman–Crippen LogP) is 5.05. The van der Waals surface area contributed by atoms with Crippen molar-refractivity contribution < 1.29 is 13.2 Å². The summed E-state index contributed by atoms with van der Waals surface area (Å²) in [4.78, 5) is 6.72. The monoisotopic (exact) mass is 547 g/mol. The smallest absolute Gasteiger partial charge is 0.229 e. The molecule has 0 aliphatic carbocycles. The van der Waals surface area contributed by atoms with Gasteiger partial charge in [0.05, 0.1) is 31.1 Å². The van der Waals surface area contributed by atoms with E-state index in [4.69, 9.17) is 17.0 Å². The Morgan fingerprint density at radius 1 is 1.00 bits per heavy atom. The van der Waals surface area contributed by atoms with Crippen LogP contribution in [0.2, 0.25) is 0 Å². The van der Waals surface area contributed by atoms with Crippen molar-refractivity contribution in [3.63, 3.8) is 0 Å². The molecule has 0 radical (unpaired) electrons. The zero-order valence-corrected chi connectivity index (χ0v) is 23.2. The number of nitrogens with one attached hydrogen (secondary N) is 2. The van der Waals surface area contributed by atoms with E-state index >= 15 is 0 Å². The lowest BCUT2D eigenvalue weighted by Gasteiger charge is -2.28. The molecular weight excluding hydrogens is 518 g/mol. The number of pyridine rings is 1. The summed E-state index contributed by atoms with van der Waals surface area (Å²) >= 11 is 5.86. The van der Waals surface area contributed by atoms with Crippen LogP contribution in [-0.4, -0.2) is 36.4 Å². The molecule has 0 amide bonds. The van der Waals surface area contributed by atoms with Crippen LogP contribution >= 0.6 is 12.2 Å². The molecule has 8 nitrogen and oxygen atoms in total. The summed E-state index contributed by atoms with van der Waals surface area (Å²) in [7, 11) is -1.72. The largest absolute Gasteiger partial charge is 0.497 e. The molecule has 2 atom stereocenters. The molecule has 4 aromatic rings. The van der Waals surface area contributed by atoms with Crippen molar-refractivity contribution in [3.8, 4) is 11.4 Å². The number of ether oxygens (including phenoxy) is 1. The molecule has 196 valence electrons. The highest BCUT2D eigenvalue weighted by Gasteiger charge is 2.42. The lowest BCUT2D eigenvalue weighted by atomic mass is 9.96. The van der Waals surface area contributed by atoms with Crippen LogP contribution in [0.15, 0.2) is 79.0 Å². The third-order valence-corrected chi connectivity index (χ3v) is 7.57. The van der Waals surface area contributed by atoms with Crippen LogP contribution in [0.3, 0.4) is 0 Å². The third-order valence-electron chi connectivity index (χ3n) is 6.65. The Balaban J connectivity index is 1.62. The summed E-state index contributed by atoms with van der Waals surface area (Å²) in [6, 6.07) is 22.9. The molecule has 0 saturated carbocycles. The number of benzene rings is 2. The number of rotatable bonds is 7. The number of aryl methyl sites for hydroxylation is 1. The number of nitrogens with zero attached hydrogens (tertiary/aromatic N) is 3. The van der Waals surface area contributed by atoms with Gasteiger partial charge in [-0.25, -0.2) is 8.42 Å². The quantitative estimate of drug-likeness (QED) is 0.313. The summed E-state index contributed by atoms with van der Waals surface area (Å²) < 4.78 is 33.6. The standard InChI is InChI=1S/C28H29N5O3S2/c1-18-16-24(19(2)32(18)22-8-7-9-23(17-22)36-3)27-26(25-10-5-6-15-29-25)30-28(37)33(27)21-13-11-20(12-14-21)31-38(4,34)35/h5-17,26-27,31H,1-4H3,(H,30,37)/t26-,27-/m0/s1. The van der Waals surface area contributed by atoms with Gasteiger partial charge in [-0.05, 0) is 86.2 Å². The average Bonchev–Trinajstić information content (AvgIpc) is 3.39. The van der Waals surface area contributed by atoms with Crippen LogP contribution in [-0.2, 0) is 10.0 Å². The molecule has 0 bridgehead atoms. The molecule has 1 fully saturated rings. The van der Waals surface area contributed by atoms with E-state index in [2.05, 4.69) is 50.5 Å². The van der Waals surface area contributed by atoms with E-state index in [0.717, 1.165) is 46.0 Å². The first-order valence-corrected chi connectivity index (χ1v) is 14.4. The molecule has 2 aromatic carbocycles. The van der Waals surface area contributed by atoms with Gasteiger partial charge in [0.25, 0.3) is 0 Å². The molecule has 2 aromatic heterocycles. The van der Waals surface area contributed by atoms with E-state index in [9.17, 15) is 8.42 Å². The van der Waals surface area contributed by atoms with E-state index in [-0.39, 0.29) is 12.1 Å². The number of sulfonamides is 1. The molecule has 3 heterocycles. The van der Waals surface area contributed by atoms with Crippen LogP contribution in [0.5, 0.6) is 5.75 Å².